The lowest BCUT2D eigenvalue weighted by atomic mass is 9.79. The van der Waals surface area contributed by atoms with Gasteiger partial charge < -0.3 is 34.0 Å². The van der Waals surface area contributed by atoms with Gasteiger partial charge in [0.1, 0.15) is 36.0 Å². The molecule has 1 aromatic heterocycles. The highest BCUT2D eigenvalue weighted by atomic mass is 19.3. The van der Waals surface area contributed by atoms with Crippen LogP contribution in [0.5, 0.6) is 11.6 Å². The van der Waals surface area contributed by atoms with Crippen molar-refractivity contribution in [2.75, 3.05) is 26.9 Å². The van der Waals surface area contributed by atoms with Crippen molar-refractivity contribution in [1.29, 1.82) is 0 Å². The van der Waals surface area contributed by atoms with E-state index in [2.05, 4.69) is 15.3 Å². The molecule has 0 radical (unpaired) electrons. The summed E-state index contributed by atoms with van der Waals surface area (Å²) in [6.45, 7) is 4.06. The van der Waals surface area contributed by atoms with E-state index in [1.165, 1.54) is 12.0 Å². The molecule has 3 aliphatic heterocycles. The number of rotatable bonds is 3. The third kappa shape index (κ3) is 5.83. The molecule has 2 bridgehead atoms. The second-order valence-electron chi connectivity index (χ2n) is 12.6. The maximum Gasteiger partial charge on any atom is 0.408 e. The molecule has 2 amide bonds. The number of aldehydes is 1. The first-order valence-corrected chi connectivity index (χ1v) is 14.7. The van der Waals surface area contributed by atoms with Crippen molar-refractivity contribution in [3.05, 3.63) is 23.9 Å². The number of fused-ring (bicyclic) bond motifs is 5. The average molecular weight is 603 g/mol. The fourth-order valence-corrected chi connectivity index (χ4v) is 6.30. The van der Waals surface area contributed by atoms with Gasteiger partial charge in [0.05, 0.1) is 50.4 Å². The third-order valence-corrected chi connectivity index (χ3v) is 9.18. The van der Waals surface area contributed by atoms with Crippen LogP contribution in [0.2, 0.25) is 0 Å². The summed E-state index contributed by atoms with van der Waals surface area (Å²) in [5.41, 5.74) is 0.113. The van der Waals surface area contributed by atoms with Gasteiger partial charge in [-0.1, -0.05) is 13.8 Å². The number of carbonyl (C=O) groups is 3. The Kier molecular flexibility index (Phi) is 7.64. The first kappa shape index (κ1) is 29.5. The molecule has 13 heteroatoms. The van der Waals surface area contributed by atoms with Gasteiger partial charge in [-0.25, -0.2) is 23.5 Å². The maximum absolute atomic E-state index is 15.3. The van der Waals surface area contributed by atoms with Crippen molar-refractivity contribution in [3.8, 4) is 11.6 Å². The molecule has 1 aromatic carbocycles. The number of benzene rings is 1. The van der Waals surface area contributed by atoms with Crippen molar-refractivity contribution < 1.29 is 42.1 Å². The van der Waals surface area contributed by atoms with Gasteiger partial charge in [-0.05, 0) is 37.3 Å². The predicted molar refractivity (Wildman–Crippen MR) is 148 cm³/mol. The number of nitrogens with zero attached hydrogens (tertiary/aromatic N) is 3. The Bertz CT molecular complexity index is 1420. The van der Waals surface area contributed by atoms with Crippen molar-refractivity contribution in [3.63, 3.8) is 0 Å². The van der Waals surface area contributed by atoms with Gasteiger partial charge in [0.2, 0.25) is 11.8 Å². The summed E-state index contributed by atoms with van der Waals surface area (Å²) in [6.07, 6.45) is -1.00. The molecule has 0 unspecified atom stereocenters. The topological polar surface area (TPSA) is 129 Å². The third-order valence-electron chi connectivity index (χ3n) is 9.18. The van der Waals surface area contributed by atoms with Crippen molar-refractivity contribution in [2.24, 2.45) is 17.3 Å². The van der Waals surface area contributed by atoms with E-state index in [1.807, 2.05) is 6.92 Å². The van der Waals surface area contributed by atoms with E-state index in [4.69, 9.17) is 18.9 Å². The minimum Gasteiger partial charge on any atom is -0.497 e. The molecule has 2 aromatic rings. The summed E-state index contributed by atoms with van der Waals surface area (Å²) in [5.74, 6) is -3.65. The van der Waals surface area contributed by atoms with Gasteiger partial charge >= 0.3 is 6.09 Å². The molecule has 1 saturated carbocycles. The summed E-state index contributed by atoms with van der Waals surface area (Å²) >= 11 is 0. The summed E-state index contributed by atoms with van der Waals surface area (Å²) in [6, 6.07) is 3.09. The number of nitrogens with one attached hydrogen (secondary N) is 1. The van der Waals surface area contributed by atoms with E-state index in [1.54, 1.807) is 25.1 Å². The highest BCUT2D eigenvalue weighted by Gasteiger charge is 2.53. The number of hydrogen-bond acceptors (Lipinski definition) is 9. The Labute approximate surface area is 247 Å². The minimum atomic E-state index is -3.09. The standard InChI is InChI=1S/C30H36F2N4O7/c1-16-22(13-37)36-12-24(16)42-26-21(33-19-7-6-18(40-3)10-20(19)34-26)11-30(31,32)8-4-5-17-9-23(17)43-28(39)35-25(27(36)38)29(2)14-41-15-29/h6-7,10,13,16-17,22-25H,4-5,8-9,11-12,14-15H2,1-3H3,(H,35,39)/t16-,17+,22+,23+,24-,25+/m0/s1. The van der Waals surface area contributed by atoms with Crippen LogP contribution in [0.4, 0.5) is 13.6 Å². The predicted octanol–water partition coefficient (Wildman–Crippen LogP) is 3.31. The average Bonchev–Trinajstić information content (AvgIpc) is 3.60. The van der Waals surface area contributed by atoms with Crippen LogP contribution in [-0.4, -0.2) is 90.2 Å². The fourth-order valence-electron chi connectivity index (χ4n) is 6.30. The van der Waals surface area contributed by atoms with Gasteiger partial charge in [-0.2, -0.15) is 0 Å². The SMILES string of the molecule is COc1ccc2nc3c(nc2c1)O[C@H]1CN(C(=O)[C@H](C2(C)COC2)NC(=O)O[C@@H]2C[C@H]2CCCC(F)(F)C3)[C@H](C=O)[C@@H]1C. The summed E-state index contributed by atoms with van der Waals surface area (Å²) in [7, 11) is 1.51. The molecule has 232 valence electrons. The van der Waals surface area contributed by atoms with Crippen LogP contribution >= 0.6 is 0 Å². The number of methoxy groups -OCH3 is 1. The Hall–Kier alpha value is -3.61. The Morgan fingerprint density at radius 3 is 2.63 bits per heavy atom. The molecule has 4 heterocycles. The van der Waals surface area contributed by atoms with Gasteiger partial charge in [0, 0.05) is 23.8 Å². The van der Waals surface area contributed by atoms with Crippen LogP contribution in [0, 0.1) is 17.3 Å². The van der Waals surface area contributed by atoms with Crippen LogP contribution < -0.4 is 14.8 Å². The quantitative estimate of drug-likeness (QED) is 0.526. The Morgan fingerprint density at radius 1 is 1.14 bits per heavy atom. The second kappa shape index (κ2) is 11.1. The van der Waals surface area contributed by atoms with Gasteiger partial charge in [0.15, 0.2) is 0 Å². The van der Waals surface area contributed by atoms with Crippen LogP contribution in [-0.2, 0) is 25.5 Å². The zero-order valence-corrected chi connectivity index (χ0v) is 24.4. The van der Waals surface area contributed by atoms with Crippen molar-refractivity contribution >= 4 is 29.3 Å². The molecule has 1 aliphatic carbocycles. The molecular weight excluding hydrogens is 566 g/mol. The summed E-state index contributed by atoms with van der Waals surface area (Å²) in [4.78, 5) is 49.7. The van der Waals surface area contributed by atoms with E-state index < -0.39 is 60.0 Å². The van der Waals surface area contributed by atoms with Crippen LogP contribution in [0.1, 0.15) is 45.2 Å². The number of halogens is 2. The van der Waals surface area contributed by atoms with Gasteiger partial charge in [-0.3, -0.25) is 4.79 Å². The zero-order valence-electron chi connectivity index (χ0n) is 24.4. The molecule has 4 aliphatic rings. The highest BCUT2D eigenvalue weighted by molar-refractivity contribution is 5.89. The number of amides is 2. The second-order valence-corrected chi connectivity index (χ2v) is 12.6. The monoisotopic (exact) mass is 602 g/mol. The van der Waals surface area contributed by atoms with Gasteiger partial charge in [0.25, 0.3) is 5.92 Å². The number of carbonyl (C=O) groups excluding carboxylic acids is 3. The molecule has 0 spiro atoms. The summed E-state index contributed by atoms with van der Waals surface area (Å²) in [5, 5.41) is 2.73. The number of aromatic nitrogens is 2. The maximum atomic E-state index is 15.3. The minimum absolute atomic E-state index is 0.000289. The lowest BCUT2D eigenvalue weighted by Gasteiger charge is -2.44. The lowest BCUT2D eigenvalue weighted by Crippen LogP contribution is -2.63. The highest BCUT2D eigenvalue weighted by Crippen LogP contribution is 2.41. The molecule has 6 rings (SSSR count). The molecule has 1 N–H and O–H groups in total. The van der Waals surface area contributed by atoms with Crippen LogP contribution in [0.3, 0.4) is 0 Å². The molecule has 43 heavy (non-hydrogen) atoms. The van der Waals surface area contributed by atoms with Gasteiger partial charge in [-0.15, -0.1) is 0 Å². The molecular formula is C30H36F2N4O7. The first-order chi connectivity index (χ1) is 20.5. The summed E-state index contributed by atoms with van der Waals surface area (Å²) < 4.78 is 53.1. The van der Waals surface area contributed by atoms with Crippen molar-refractivity contribution in [2.45, 2.75) is 76.2 Å². The lowest BCUT2D eigenvalue weighted by molar-refractivity contribution is -0.157. The molecule has 6 atom stereocenters. The molecule has 3 fully saturated rings. The number of hydrogen-bond donors (Lipinski definition) is 1. The van der Waals surface area contributed by atoms with Crippen molar-refractivity contribution in [1.82, 2.24) is 20.2 Å². The Morgan fingerprint density at radius 2 is 1.93 bits per heavy atom. The van der Waals surface area contributed by atoms with E-state index >= 15 is 8.78 Å². The largest absolute Gasteiger partial charge is 0.497 e. The van der Waals surface area contributed by atoms with E-state index in [9.17, 15) is 14.4 Å². The Balaban J connectivity index is 1.37. The van der Waals surface area contributed by atoms with E-state index in [0.29, 0.717) is 35.9 Å². The molecule has 2 saturated heterocycles. The van der Waals surface area contributed by atoms with E-state index in [0.717, 1.165) is 0 Å². The number of alkyl carbamates (subject to hydrolysis) is 1. The zero-order chi connectivity index (χ0) is 30.5. The van der Waals surface area contributed by atoms with Crippen LogP contribution in [0.25, 0.3) is 11.0 Å². The van der Waals surface area contributed by atoms with E-state index in [-0.39, 0.29) is 50.1 Å². The number of ether oxygens (including phenoxy) is 4. The number of alkyl halides is 2. The normalized spacial score (nSPS) is 32.1. The van der Waals surface area contributed by atoms with Crippen LogP contribution in [0.15, 0.2) is 18.2 Å². The fraction of sp³-hybridized carbons (Fsp3) is 0.633. The smallest absolute Gasteiger partial charge is 0.408 e. The molecule has 11 nitrogen and oxygen atoms in total. The first-order valence-electron chi connectivity index (χ1n) is 14.7.